The number of fused-ring (bicyclic) bond motifs is 1. The summed E-state index contributed by atoms with van der Waals surface area (Å²) in [6.07, 6.45) is 3.75. The second-order valence-electron chi connectivity index (χ2n) is 3.76. The van der Waals surface area contributed by atoms with Crippen molar-refractivity contribution in [1.82, 2.24) is 0 Å². The highest BCUT2D eigenvalue weighted by molar-refractivity contribution is 6.30. The predicted octanol–water partition coefficient (Wildman–Crippen LogP) is 4.10. The van der Waals surface area contributed by atoms with Crippen molar-refractivity contribution in [1.29, 1.82) is 0 Å². The smallest absolute Gasteiger partial charge is 0.0408 e. The first-order valence-electron chi connectivity index (χ1n) is 4.53. The van der Waals surface area contributed by atoms with Crippen molar-refractivity contribution >= 4 is 11.6 Å². The highest BCUT2D eigenvalue weighted by Crippen LogP contribution is 2.27. The highest BCUT2D eigenvalue weighted by Gasteiger charge is 2.14. The quantitative estimate of drug-likeness (QED) is 0.586. The maximum absolute atomic E-state index is 5.91. The molecule has 0 nitrogen and oxygen atoms in total. The molecular formula is C12H17Cl. The Hall–Kier alpha value is -0.490. The topological polar surface area (TPSA) is 0 Å². The summed E-state index contributed by atoms with van der Waals surface area (Å²) in [5.74, 6) is 0.846. The van der Waals surface area contributed by atoms with Gasteiger partial charge in [-0.3, -0.25) is 0 Å². The second kappa shape index (κ2) is 4.15. The molecular weight excluding hydrogens is 180 g/mol. The van der Waals surface area contributed by atoms with Gasteiger partial charge in [-0.05, 0) is 48.4 Å². The van der Waals surface area contributed by atoms with Crippen LogP contribution < -0.4 is 0 Å². The van der Waals surface area contributed by atoms with Gasteiger partial charge in [0, 0.05) is 5.02 Å². The number of hydrogen-bond acceptors (Lipinski definition) is 0. The Bertz CT molecular complexity index is 291. The fraction of sp³-hybridized carbons (Fsp3) is 0.500. The summed E-state index contributed by atoms with van der Waals surface area (Å²) in [5.41, 5.74) is 2.96. The molecule has 0 amide bonds. The first-order chi connectivity index (χ1) is 5.75. The van der Waals surface area contributed by atoms with Gasteiger partial charge in [0.25, 0.3) is 0 Å². The van der Waals surface area contributed by atoms with E-state index in [0.717, 1.165) is 10.9 Å². The predicted molar refractivity (Wildman–Crippen MR) is 59.4 cm³/mol. The van der Waals surface area contributed by atoms with Crippen LogP contribution in [0.1, 0.15) is 31.9 Å². The van der Waals surface area contributed by atoms with Gasteiger partial charge in [-0.15, -0.1) is 0 Å². The van der Waals surface area contributed by atoms with E-state index < -0.39 is 0 Å². The Kier molecular flexibility index (Phi) is 3.38. The third kappa shape index (κ3) is 2.25. The minimum Gasteiger partial charge on any atom is -0.0843 e. The molecule has 0 radical (unpaired) electrons. The van der Waals surface area contributed by atoms with Gasteiger partial charge in [-0.2, -0.15) is 0 Å². The number of benzene rings is 1. The van der Waals surface area contributed by atoms with E-state index >= 15 is 0 Å². The van der Waals surface area contributed by atoms with Gasteiger partial charge in [0.2, 0.25) is 0 Å². The molecule has 1 aromatic carbocycles. The first-order valence-corrected chi connectivity index (χ1v) is 4.91. The van der Waals surface area contributed by atoms with Crippen molar-refractivity contribution in [3.8, 4) is 0 Å². The molecule has 0 bridgehead atoms. The van der Waals surface area contributed by atoms with Crippen LogP contribution in [0.15, 0.2) is 18.2 Å². The molecule has 1 heteroatoms. The van der Waals surface area contributed by atoms with Gasteiger partial charge in [0.15, 0.2) is 0 Å². The molecule has 0 saturated carbocycles. The standard InChI is InChI=1S/C11H13Cl.CH4/c1-8-2-3-10-7-11(12)5-4-9(10)6-8;/h4-5,7-8H,2-3,6H2,1H3;1H4. The molecule has 1 unspecified atom stereocenters. The molecule has 0 spiro atoms. The summed E-state index contributed by atoms with van der Waals surface area (Å²) in [6.45, 7) is 2.32. The molecule has 0 aromatic heterocycles. The maximum Gasteiger partial charge on any atom is 0.0408 e. The molecule has 1 aromatic rings. The third-order valence-corrected chi connectivity index (χ3v) is 2.88. The molecule has 0 saturated heterocycles. The summed E-state index contributed by atoms with van der Waals surface area (Å²) in [7, 11) is 0. The zero-order valence-corrected chi connectivity index (χ0v) is 8.06. The van der Waals surface area contributed by atoms with E-state index in [2.05, 4.69) is 19.1 Å². The summed E-state index contributed by atoms with van der Waals surface area (Å²) in [4.78, 5) is 0. The summed E-state index contributed by atoms with van der Waals surface area (Å²) in [6, 6.07) is 6.29. The SMILES string of the molecule is C.CC1CCc2cc(Cl)ccc2C1. The zero-order chi connectivity index (χ0) is 8.55. The number of rotatable bonds is 0. The number of hydrogen-bond donors (Lipinski definition) is 0. The minimum absolute atomic E-state index is 0. The highest BCUT2D eigenvalue weighted by atomic mass is 35.5. The lowest BCUT2D eigenvalue weighted by atomic mass is 9.85. The average Bonchev–Trinajstić information content (AvgIpc) is 2.05. The van der Waals surface area contributed by atoms with Crippen LogP contribution in [-0.2, 0) is 12.8 Å². The normalized spacial score (nSPS) is 20.3. The lowest BCUT2D eigenvalue weighted by Crippen LogP contribution is -2.10. The van der Waals surface area contributed by atoms with Crippen LogP contribution >= 0.6 is 11.6 Å². The van der Waals surface area contributed by atoms with Crippen LogP contribution in [0.25, 0.3) is 0 Å². The van der Waals surface area contributed by atoms with Crippen molar-refractivity contribution in [2.24, 2.45) is 5.92 Å². The fourth-order valence-corrected chi connectivity index (χ4v) is 2.10. The van der Waals surface area contributed by atoms with E-state index in [0.29, 0.717) is 0 Å². The molecule has 0 N–H and O–H groups in total. The van der Waals surface area contributed by atoms with Gasteiger partial charge >= 0.3 is 0 Å². The van der Waals surface area contributed by atoms with Crippen molar-refractivity contribution in [2.45, 2.75) is 33.6 Å². The summed E-state index contributed by atoms with van der Waals surface area (Å²) in [5, 5.41) is 0.878. The van der Waals surface area contributed by atoms with Crippen molar-refractivity contribution in [3.63, 3.8) is 0 Å². The lowest BCUT2D eigenvalue weighted by molar-refractivity contribution is 0.501. The number of aryl methyl sites for hydroxylation is 1. The molecule has 72 valence electrons. The van der Waals surface area contributed by atoms with E-state index in [4.69, 9.17) is 11.6 Å². The van der Waals surface area contributed by atoms with Gasteiger partial charge in [-0.25, -0.2) is 0 Å². The van der Waals surface area contributed by atoms with Gasteiger partial charge in [-0.1, -0.05) is 32.0 Å². The molecule has 0 aliphatic heterocycles. The summed E-state index contributed by atoms with van der Waals surface area (Å²) >= 11 is 5.91. The average molecular weight is 197 g/mol. The molecule has 0 heterocycles. The van der Waals surface area contributed by atoms with Gasteiger partial charge < -0.3 is 0 Å². The Balaban J connectivity index is 0.000000845. The van der Waals surface area contributed by atoms with Gasteiger partial charge in [0.1, 0.15) is 0 Å². The van der Waals surface area contributed by atoms with E-state index in [1.54, 1.807) is 0 Å². The molecule has 0 fully saturated rings. The molecule has 2 rings (SSSR count). The van der Waals surface area contributed by atoms with E-state index in [-0.39, 0.29) is 7.43 Å². The lowest BCUT2D eigenvalue weighted by Gasteiger charge is -2.21. The van der Waals surface area contributed by atoms with Crippen LogP contribution in [0.4, 0.5) is 0 Å². The van der Waals surface area contributed by atoms with Crippen LogP contribution in [-0.4, -0.2) is 0 Å². The van der Waals surface area contributed by atoms with Crippen molar-refractivity contribution < 1.29 is 0 Å². The zero-order valence-electron chi connectivity index (χ0n) is 7.31. The van der Waals surface area contributed by atoms with Crippen molar-refractivity contribution in [2.75, 3.05) is 0 Å². The van der Waals surface area contributed by atoms with Crippen LogP contribution in [0.2, 0.25) is 5.02 Å². The van der Waals surface area contributed by atoms with E-state index in [9.17, 15) is 0 Å². The monoisotopic (exact) mass is 196 g/mol. The Morgan fingerprint density at radius 2 is 2.08 bits per heavy atom. The molecule has 1 aliphatic carbocycles. The van der Waals surface area contributed by atoms with Crippen LogP contribution in [0, 0.1) is 5.92 Å². The molecule has 13 heavy (non-hydrogen) atoms. The third-order valence-electron chi connectivity index (χ3n) is 2.64. The van der Waals surface area contributed by atoms with Gasteiger partial charge in [0.05, 0.1) is 0 Å². The second-order valence-corrected chi connectivity index (χ2v) is 4.20. The molecule has 1 aliphatic rings. The van der Waals surface area contributed by atoms with E-state index in [1.807, 2.05) is 6.07 Å². The van der Waals surface area contributed by atoms with Crippen LogP contribution in [0.5, 0.6) is 0 Å². The van der Waals surface area contributed by atoms with E-state index in [1.165, 1.54) is 30.4 Å². The minimum atomic E-state index is 0. The fourth-order valence-electron chi connectivity index (χ4n) is 1.91. The first kappa shape index (κ1) is 10.6. The van der Waals surface area contributed by atoms with Crippen molar-refractivity contribution in [3.05, 3.63) is 34.3 Å². The maximum atomic E-state index is 5.91. The Morgan fingerprint density at radius 3 is 2.85 bits per heavy atom. The number of halogens is 1. The Morgan fingerprint density at radius 1 is 1.31 bits per heavy atom. The largest absolute Gasteiger partial charge is 0.0843 e. The Labute approximate surface area is 85.9 Å². The molecule has 1 atom stereocenters. The summed E-state index contributed by atoms with van der Waals surface area (Å²) < 4.78 is 0. The van der Waals surface area contributed by atoms with Crippen LogP contribution in [0.3, 0.4) is 0 Å².